The van der Waals surface area contributed by atoms with E-state index in [9.17, 15) is 14.7 Å². The van der Waals surface area contributed by atoms with E-state index in [1.807, 2.05) is 6.92 Å². The van der Waals surface area contributed by atoms with Gasteiger partial charge in [-0.15, -0.1) is 0 Å². The van der Waals surface area contributed by atoms with Crippen LogP contribution in [-0.2, 0) is 16.1 Å². The predicted octanol–water partition coefficient (Wildman–Crippen LogP) is 0.309. The van der Waals surface area contributed by atoms with Gasteiger partial charge in [0.1, 0.15) is 5.54 Å². The molecule has 0 bridgehead atoms. The van der Waals surface area contributed by atoms with Crippen molar-refractivity contribution in [1.29, 1.82) is 0 Å². The summed E-state index contributed by atoms with van der Waals surface area (Å²) in [4.78, 5) is 27.5. The second-order valence-corrected chi connectivity index (χ2v) is 4.49. The number of hydrogen-bond acceptors (Lipinski definition) is 5. The Morgan fingerprint density at radius 3 is 2.84 bits per heavy atom. The van der Waals surface area contributed by atoms with Crippen LogP contribution < -0.4 is 10.9 Å². The van der Waals surface area contributed by atoms with Crippen LogP contribution in [0.25, 0.3) is 0 Å². The minimum atomic E-state index is -1.17. The second-order valence-electron chi connectivity index (χ2n) is 4.49. The van der Waals surface area contributed by atoms with Crippen molar-refractivity contribution in [3.63, 3.8) is 0 Å². The molecule has 0 aromatic carbocycles. The van der Waals surface area contributed by atoms with Crippen molar-refractivity contribution in [1.82, 2.24) is 9.55 Å². The molecular weight excluding hydrogens is 250 g/mol. The van der Waals surface area contributed by atoms with Gasteiger partial charge in [-0.3, -0.25) is 4.79 Å². The van der Waals surface area contributed by atoms with Crippen LogP contribution >= 0.6 is 0 Å². The van der Waals surface area contributed by atoms with E-state index in [4.69, 9.17) is 4.74 Å². The predicted molar refractivity (Wildman–Crippen MR) is 68.2 cm³/mol. The Labute approximate surface area is 110 Å². The standard InChI is InChI=1S/C12H17N3O4/c1-2-15-6-5-13-9(10(15)16)14-12(11(17)18)3-7-19-8-4-12/h5-6H,2-4,7-8H2,1H3,(H,13,14)(H,17,18). The first-order chi connectivity index (χ1) is 9.09. The topological polar surface area (TPSA) is 93.5 Å². The summed E-state index contributed by atoms with van der Waals surface area (Å²) in [6, 6.07) is 0. The van der Waals surface area contributed by atoms with E-state index >= 15 is 0 Å². The first-order valence-corrected chi connectivity index (χ1v) is 6.24. The average Bonchev–Trinajstić information content (AvgIpc) is 2.42. The molecule has 0 atom stereocenters. The molecule has 0 radical (unpaired) electrons. The zero-order valence-electron chi connectivity index (χ0n) is 10.8. The minimum Gasteiger partial charge on any atom is -0.480 e. The lowest BCUT2D eigenvalue weighted by atomic mass is 9.90. The maximum Gasteiger partial charge on any atom is 0.329 e. The number of rotatable bonds is 4. The number of aromatic nitrogens is 2. The number of nitrogens with zero attached hydrogens (tertiary/aromatic N) is 2. The number of carbonyl (C=O) groups is 1. The molecule has 0 saturated carbocycles. The SMILES string of the molecule is CCn1ccnc(NC2(C(=O)O)CCOCC2)c1=O. The van der Waals surface area contributed by atoms with Gasteiger partial charge in [0.2, 0.25) is 0 Å². The van der Waals surface area contributed by atoms with Crippen molar-refractivity contribution < 1.29 is 14.6 Å². The molecule has 1 saturated heterocycles. The molecule has 104 valence electrons. The number of anilines is 1. The normalized spacial score (nSPS) is 17.9. The number of nitrogens with one attached hydrogen (secondary N) is 1. The number of aliphatic carboxylic acids is 1. The van der Waals surface area contributed by atoms with Gasteiger partial charge in [0.05, 0.1) is 0 Å². The highest BCUT2D eigenvalue weighted by Crippen LogP contribution is 2.24. The van der Waals surface area contributed by atoms with E-state index in [0.29, 0.717) is 32.6 Å². The first kappa shape index (κ1) is 13.5. The number of aryl methyl sites for hydroxylation is 1. The van der Waals surface area contributed by atoms with Crippen LogP contribution in [-0.4, -0.2) is 39.4 Å². The van der Waals surface area contributed by atoms with Gasteiger partial charge >= 0.3 is 5.97 Å². The molecule has 0 aliphatic carbocycles. The molecule has 2 heterocycles. The van der Waals surface area contributed by atoms with Crippen LogP contribution in [0.1, 0.15) is 19.8 Å². The van der Waals surface area contributed by atoms with E-state index in [0.717, 1.165) is 0 Å². The Morgan fingerprint density at radius 1 is 1.58 bits per heavy atom. The fourth-order valence-electron chi connectivity index (χ4n) is 2.12. The highest BCUT2D eigenvalue weighted by molar-refractivity contribution is 5.82. The summed E-state index contributed by atoms with van der Waals surface area (Å²) in [5.41, 5.74) is -1.48. The van der Waals surface area contributed by atoms with Crippen molar-refractivity contribution in [2.45, 2.75) is 31.8 Å². The molecule has 1 aromatic rings. The Morgan fingerprint density at radius 2 is 2.26 bits per heavy atom. The maximum absolute atomic E-state index is 12.1. The highest BCUT2D eigenvalue weighted by Gasteiger charge is 2.41. The Balaban J connectivity index is 2.32. The number of carboxylic acid groups (broad SMARTS) is 1. The molecule has 1 aliphatic rings. The van der Waals surface area contributed by atoms with E-state index in [-0.39, 0.29) is 11.4 Å². The van der Waals surface area contributed by atoms with Crippen LogP contribution in [0.15, 0.2) is 17.2 Å². The third-order valence-electron chi connectivity index (χ3n) is 3.37. The molecule has 1 fully saturated rings. The van der Waals surface area contributed by atoms with Crippen LogP contribution in [0.4, 0.5) is 5.82 Å². The zero-order valence-corrected chi connectivity index (χ0v) is 10.8. The molecule has 7 heteroatoms. The van der Waals surface area contributed by atoms with Gasteiger partial charge in [-0.1, -0.05) is 0 Å². The van der Waals surface area contributed by atoms with Crippen molar-refractivity contribution in [2.75, 3.05) is 18.5 Å². The third kappa shape index (κ3) is 2.60. The highest BCUT2D eigenvalue weighted by atomic mass is 16.5. The lowest BCUT2D eigenvalue weighted by Gasteiger charge is -2.34. The largest absolute Gasteiger partial charge is 0.480 e. The summed E-state index contributed by atoms with van der Waals surface area (Å²) in [5.74, 6) is -0.905. The molecule has 19 heavy (non-hydrogen) atoms. The number of carboxylic acids is 1. The van der Waals surface area contributed by atoms with Gasteiger partial charge in [0, 0.05) is 45.0 Å². The van der Waals surface area contributed by atoms with Gasteiger partial charge < -0.3 is 19.7 Å². The molecule has 2 rings (SSSR count). The molecule has 1 aliphatic heterocycles. The molecule has 7 nitrogen and oxygen atoms in total. The summed E-state index contributed by atoms with van der Waals surface area (Å²) in [6.07, 6.45) is 3.68. The molecule has 0 unspecified atom stereocenters. The fraction of sp³-hybridized carbons (Fsp3) is 0.583. The lowest BCUT2D eigenvalue weighted by molar-refractivity contribution is -0.145. The van der Waals surface area contributed by atoms with Gasteiger partial charge in [0.15, 0.2) is 5.82 Å². The van der Waals surface area contributed by atoms with Crippen LogP contribution in [0.2, 0.25) is 0 Å². The van der Waals surface area contributed by atoms with Crippen molar-refractivity contribution in [3.05, 3.63) is 22.7 Å². The summed E-state index contributed by atoms with van der Waals surface area (Å²) >= 11 is 0. The lowest BCUT2D eigenvalue weighted by Crippen LogP contribution is -2.51. The molecule has 0 amide bonds. The van der Waals surface area contributed by atoms with E-state index < -0.39 is 11.5 Å². The van der Waals surface area contributed by atoms with Gasteiger partial charge in [-0.2, -0.15) is 0 Å². The molecule has 1 aromatic heterocycles. The summed E-state index contributed by atoms with van der Waals surface area (Å²) in [7, 11) is 0. The monoisotopic (exact) mass is 267 g/mol. The number of ether oxygens (including phenoxy) is 1. The van der Waals surface area contributed by atoms with E-state index in [2.05, 4.69) is 10.3 Å². The zero-order chi connectivity index (χ0) is 13.9. The smallest absolute Gasteiger partial charge is 0.329 e. The van der Waals surface area contributed by atoms with Crippen molar-refractivity contribution >= 4 is 11.8 Å². The van der Waals surface area contributed by atoms with Crippen molar-refractivity contribution in [3.8, 4) is 0 Å². The summed E-state index contributed by atoms with van der Waals surface area (Å²) in [5, 5.41) is 12.2. The average molecular weight is 267 g/mol. The van der Waals surface area contributed by atoms with E-state index in [1.165, 1.54) is 10.8 Å². The van der Waals surface area contributed by atoms with Gasteiger partial charge in [-0.05, 0) is 6.92 Å². The van der Waals surface area contributed by atoms with Gasteiger partial charge in [0.25, 0.3) is 5.56 Å². The third-order valence-corrected chi connectivity index (χ3v) is 3.37. The van der Waals surface area contributed by atoms with Crippen LogP contribution in [0.5, 0.6) is 0 Å². The molecule has 2 N–H and O–H groups in total. The maximum atomic E-state index is 12.1. The molecular formula is C12H17N3O4. The minimum absolute atomic E-state index is 0.0775. The van der Waals surface area contributed by atoms with Crippen molar-refractivity contribution in [2.24, 2.45) is 0 Å². The Hall–Kier alpha value is -1.89. The Kier molecular flexibility index (Phi) is 3.84. The Bertz CT molecular complexity index is 520. The molecule has 0 spiro atoms. The first-order valence-electron chi connectivity index (χ1n) is 6.24. The van der Waals surface area contributed by atoms with E-state index in [1.54, 1.807) is 6.20 Å². The van der Waals surface area contributed by atoms with Gasteiger partial charge in [-0.25, -0.2) is 9.78 Å². The fourth-order valence-corrected chi connectivity index (χ4v) is 2.12. The number of hydrogen-bond donors (Lipinski definition) is 2. The van der Waals surface area contributed by atoms with Crippen LogP contribution in [0.3, 0.4) is 0 Å². The summed E-state index contributed by atoms with van der Waals surface area (Å²) in [6.45, 7) is 3.06. The second kappa shape index (κ2) is 5.40. The summed E-state index contributed by atoms with van der Waals surface area (Å²) < 4.78 is 6.66. The van der Waals surface area contributed by atoms with Crippen LogP contribution in [0, 0.1) is 0 Å². The quantitative estimate of drug-likeness (QED) is 0.815.